The van der Waals surface area contributed by atoms with E-state index in [1.165, 1.54) is 46.0 Å². The molecule has 1 unspecified atom stereocenters. The smallest absolute Gasteiger partial charge is 0.320 e. The molecule has 0 aromatic rings. The van der Waals surface area contributed by atoms with Crippen LogP contribution in [0.3, 0.4) is 0 Å². The number of hydrogen-bond donors (Lipinski definition) is 0. The Bertz CT molecular complexity index is 924. The summed E-state index contributed by atoms with van der Waals surface area (Å²) in [6.07, 6.45) is 15.8. The summed E-state index contributed by atoms with van der Waals surface area (Å²) in [5.41, 5.74) is -0.427. The minimum atomic E-state index is -0.585. The van der Waals surface area contributed by atoms with E-state index < -0.39 is 23.5 Å². The molecule has 0 aromatic carbocycles. The molecule has 0 aromatic heterocycles. The molecular formula is C38H69NO11. The zero-order valence-corrected chi connectivity index (χ0v) is 32.2. The molecule has 50 heavy (non-hydrogen) atoms. The Morgan fingerprint density at radius 3 is 1.74 bits per heavy atom. The van der Waals surface area contributed by atoms with Crippen LogP contribution >= 0.6 is 0 Å². The van der Waals surface area contributed by atoms with Gasteiger partial charge in [-0.2, -0.15) is 0 Å². The maximum Gasteiger partial charge on any atom is 0.320 e. The van der Waals surface area contributed by atoms with Gasteiger partial charge in [0, 0.05) is 40.5 Å². The van der Waals surface area contributed by atoms with Gasteiger partial charge in [0.25, 0.3) is 0 Å². The van der Waals surface area contributed by atoms with Crippen molar-refractivity contribution in [3.63, 3.8) is 0 Å². The first kappa shape index (κ1) is 47.3. The Morgan fingerprint density at radius 2 is 1.14 bits per heavy atom. The molecule has 0 aliphatic heterocycles. The molecular weight excluding hydrogens is 646 g/mol. The van der Waals surface area contributed by atoms with E-state index >= 15 is 0 Å². The van der Waals surface area contributed by atoms with Crippen molar-refractivity contribution in [2.75, 3.05) is 60.3 Å². The minimum Gasteiger partial charge on any atom is -0.466 e. The van der Waals surface area contributed by atoms with Gasteiger partial charge in [-0.05, 0) is 51.0 Å². The quantitative estimate of drug-likeness (QED) is 0.0403. The molecule has 0 saturated heterocycles. The maximum absolute atomic E-state index is 12.6. The standard InChI is InChI=1S/C38H69NO11/c1-32(40)46-27-23-38(3,4)29-36(43)49-31-34(50-37(44)30-39(5)24-28-47-33(2)41)21-17-13-9-10-14-18-22-35(42)48-26-20-16-12-8-7-11-15-19-25-45-6/h34H,7-31H2,1-6H3. The Balaban J connectivity index is 4.36. The van der Waals surface area contributed by atoms with Crippen molar-refractivity contribution < 1.29 is 52.4 Å². The molecule has 0 fully saturated rings. The van der Waals surface area contributed by atoms with Crippen LogP contribution in [-0.2, 0) is 52.4 Å². The largest absolute Gasteiger partial charge is 0.466 e. The number of carbonyl (C=O) groups is 5. The second-order valence-electron chi connectivity index (χ2n) is 14.0. The van der Waals surface area contributed by atoms with Gasteiger partial charge in [0.15, 0.2) is 0 Å². The lowest BCUT2D eigenvalue weighted by Crippen LogP contribution is -2.34. The van der Waals surface area contributed by atoms with Crippen molar-refractivity contribution in [3.05, 3.63) is 0 Å². The molecule has 0 rings (SSSR count). The molecule has 0 saturated carbocycles. The Kier molecular flexibility index (Phi) is 29.3. The summed E-state index contributed by atoms with van der Waals surface area (Å²) in [6.45, 7) is 8.58. The van der Waals surface area contributed by atoms with E-state index in [0.29, 0.717) is 32.4 Å². The fraction of sp³-hybridized carbons (Fsp3) is 0.868. The molecule has 12 heteroatoms. The van der Waals surface area contributed by atoms with Gasteiger partial charge in [-0.3, -0.25) is 28.9 Å². The highest BCUT2D eigenvalue weighted by Gasteiger charge is 2.25. The van der Waals surface area contributed by atoms with Gasteiger partial charge in [0.2, 0.25) is 0 Å². The first-order valence-electron chi connectivity index (χ1n) is 18.8. The van der Waals surface area contributed by atoms with E-state index in [9.17, 15) is 24.0 Å². The average Bonchev–Trinajstić information content (AvgIpc) is 3.02. The van der Waals surface area contributed by atoms with Crippen LogP contribution < -0.4 is 0 Å². The summed E-state index contributed by atoms with van der Waals surface area (Å²) >= 11 is 0. The number of methoxy groups -OCH3 is 1. The third-order valence-electron chi connectivity index (χ3n) is 8.28. The minimum absolute atomic E-state index is 0.00730. The van der Waals surface area contributed by atoms with Crippen LogP contribution in [0.15, 0.2) is 0 Å². The molecule has 0 spiro atoms. The summed E-state index contributed by atoms with van der Waals surface area (Å²) in [6, 6.07) is 0. The van der Waals surface area contributed by atoms with E-state index in [0.717, 1.165) is 64.4 Å². The second-order valence-corrected chi connectivity index (χ2v) is 14.0. The number of nitrogens with zero attached hydrogens (tertiary/aromatic N) is 1. The zero-order valence-electron chi connectivity index (χ0n) is 32.2. The molecule has 0 bridgehead atoms. The van der Waals surface area contributed by atoms with Crippen LogP contribution in [-0.4, -0.2) is 101 Å². The van der Waals surface area contributed by atoms with Crippen molar-refractivity contribution in [1.82, 2.24) is 4.90 Å². The summed E-state index contributed by atoms with van der Waals surface area (Å²) in [4.78, 5) is 61.1. The SMILES string of the molecule is COCCCCCCCCCCOC(=O)CCCCCCCCC(COC(=O)CC(C)(C)CCOC(C)=O)OC(=O)CN(C)CCOC(C)=O. The molecule has 0 radical (unpaired) electrons. The molecule has 0 N–H and O–H groups in total. The molecule has 0 aliphatic rings. The van der Waals surface area contributed by atoms with Gasteiger partial charge < -0.3 is 28.4 Å². The average molecular weight is 716 g/mol. The van der Waals surface area contributed by atoms with Gasteiger partial charge in [-0.25, -0.2) is 0 Å². The third-order valence-corrected chi connectivity index (χ3v) is 8.28. The summed E-state index contributed by atoms with van der Waals surface area (Å²) in [5, 5.41) is 0. The predicted molar refractivity (Wildman–Crippen MR) is 191 cm³/mol. The van der Waals surface area contributed by atoms with Crippen LogP contribution in [0.2, 0.25) is 0 Å². The third kappa shape index (κ3) is 32.5. The topological polar surface area (TPSA) is 144 Å². The Labute approximate surface area is 301 Å². The molecule has 0 amide bonds. The number of unbranched alkanes of at least 4 members (excludes halogenated alkanes) is 12. The van der Waals surface area contributed by atoms with Crippen molar-refractivity contribution in [2.45, 2.75) is 149 Å². The van der Waals surface area contributed by atoms with Crippen molar-refractivity contribution in [1.29, 1.82) is 0 Å². The summed E-state index contributed by atoms with van der Waals surface area (Å²) in [7, 11) is 3.47. The molecule has 0 aliphatic carbocycles. The van der Waals surface area contributed by atoms with Gasteiger partial charge >= 0.3 is 29.8 Å². The van der Waals surface area contributed by atoms with Gasteiger partial charge in [0.05, 0.1) is 26.2 Å². The first-order valence-corrected chi connectivity index (χ1v) is 18.8. The van der Waals surface area contributed by atoms with Crippen molar-refractivity contribution in [2.24, 2.45) is 5.41 Å². The highest BCUT2D eigenvalue weighted by atomic mass is 16.6. The monoisotopic (exact) mass is 715 g/mol. The highest BCUT2D eigenvalue weighted by molar-refractivity contribution is 5.72. The lowest BCUT2D eigenvalue weighted by Gasteiger charge is -2.24. The van der Waals surface area contributed by atoms with E-state index in [2.05, 4.69) is 0 Å². The number of ether oxygens (including phenoxy) is 6. The number of rotatable bonds is 33. The second kappa shape index (κ2) is 31.0. The van der Waals surface area contributed by atoms with Crippen LogP contribution in [0.4, 0.5) is 0 Å². The fourth-order valence-electron chi connectivity index (χ4n) is 5.25. The number of hydrogen-bond acceptors (Lipinski definition) is 12. The van der Waals surface area contributed by atoms with Crippen LogP contribution in [0.25, 0.3) is 0 Å². The van der Waals surface area contributed by atoms with Crippen molar-refractivity contribution >= 4 is 29.8 Å². The molecule has 0 heterocycles. The maximum atomic E-state index is 12.6. The summed E-state index contributed by atoms with van der Waals surface area (Å²) < 4.78 is 31.6. The van der Waals surface area contributed by atoms with Crippen LogP contribution in [0, 0.1) is 5.41 Å². The zero-order chi connectivity index (χ0) is 37.5. The number of esters is 5. The molecule has 1 atom stereocenters. The van der Waals surface area contributed by atoms with Crippen molar-refractivity contribution in [3.8, 4) is 0 Å². The lowest BCUT2D eigenvalue weighted by molar-refractivity contribution is -0.161. The molecule has 12 nitrogen and oxygen atoms in total. The van der Waals surface area contributed by atoms with E-state index in [4.69, 9.17) is 28.4 Å². The van der Waals surface area contributed by atoms with E-state index in [-0.39, 0.29) is 50.7 Å². The first-order chi connectivity index (χ1) is 23.8. The van der Waals surface area contributed by atoms with E-state index in [1.54, 1.807) is 19.1 Å². The van der Waals surface area contributed by atoms with Crippen LogP contribution in [0.5, 0.6) is 0 Å². The molecule has 292 valence electrons. The van der Waals surface area contributed by atoms with E-state index in [1.807, 2.05) is 13.8 Å². The summed E-state index contributed by atoms with van der Waals surface area (Å²) in [5.74, 6) is -1.72. The lowest BCUT2D eigenvalue weighted by atomic mass is 9.86. The predicted octanol–water partition coefficient (Wildman–Crippen LogP) is 6.74. The number of carbonyl (C=O) groups excluding carboxylic acids is 5. The number of likely N-dealkylation sites (N-methyl/N-ethyl adjacent to an activating group) is 1. The Morgan fingerprint density at radius 1 is 0.600 bits per heavy atom. The van der Waals surface area contributed by atoms with Gasteiger partial charge in [-0.15, -0.1) is 0 Å². The highest BCUT2D eigenvalue weighted by Crippen LogP contribution is 2.26. The van der Waals surface area contributed by atoms with Gasteiger partial charge in [0.1, 0.15) is 19.3 Å². The fourth-order valence-corrected chi connectivity index (χ4v) is 5.25. The van der Waals surface area contributed by atoms with Gasteiger partial charge in [-0.1, -0.05) is 78.1 Å². The Hall–Kier alpha value is -2.73. The normalized spacial score (nSPS) is 12.0. The van der Waals surface area contributed by atoms with Crippen LogP contribution in [0.1, 0.15) is 143 Å².